The molecule has 106 valence electrons. The molecule has 3 rings (SSSR count). The van der Waals surface area contributed by atoms with E-state index in [4.69, 9.17) is 0 Å². The summed E-state index contributed by atoms with van der Waals surface area (Å²) in [7, 11) is 0. The largest absolute Gasteiger partial charge is 0.325 e. The smallest absolute Gasteiger partial charge is 0.234 e. The monoisotopic (exact) mass is 301 g/mol. The number of nitrogens with one attached hydrogen (secondary N) is 1. The van der Waals surface area contributed by atoms with Crippen LogP contribution in [0.5, 0.6) is 0 Å². The van der Waals surface area contributed by atoms with Crippen molar-refractivity contribution in [3.8, 4) is 0 Å². The lowest BCUT2D eigenvalue weighted by Crippen LogP contribution is -2.14. The van der Waals surface area contributed by atoms with Crippen molar-refractivity contribution in [1.29, 1.82) is 0 Å². The van der Waals surface area contributed by atoms with E-state index in [0.29, 0.717) is 5.69 Å². The highest BCUT2D eigenvalue weighted by Gasteiger charge is 2.08. The first-order valence-electron chi connectivity index (χ1n) is 6.33. The Morgan fingerprint density at radius 3 is 2.86 bits per heavy atom. The number of halogens is 1. The molecule has 0 spiro atoms. The van der Waals surface area contributed by atoms with Crippen LogP contribution < -0.4 is 5.32 Å². The summed E-state index contributed by atoms with van der Waals surface area (Å²) in [6.45, 7) is 0. The van der Waals surface area contributed by atoms with Crippen LogP contribution in [0.25, 0.3) is 5.52 Å². The summed E-state index contributed by atoms with van der Waals surface area (Å²) in [5, 5.41) is 3.48. The van der Waals surface area contributed by atoms with E-state index in [2.05, 4.69) is 10.3 Å². The molecule has 1 N–H and O–H groups in total. The number of hydrogen-bond donors (Lipinski definition) is 1. The lowest BCUT2D eigenvalue weighted by molar-refractivity contribution is -0.113. The summed E-state index contributed by atoms with van der Waals surface area (Å²) in [6, 6.07) is 11.5. The van der Waals surface area contributed by atoms with Gasteiger partial charge in [0.15, 0.2) is 5.16 Å². The van der Waals surface area contributed by atoms with E-state index in [1.807, 2.05) is 28.8 Å². The fourth-order valence-corrected chi connectivity index (χ4v) is 2.65. The maximum atomic E-state index is 12.8. The van der Waals surface area contributed by atoms with Crippen LogP contribution in [0.4, 0.5) is 10.1 Å². The third-order valence-electron chi connectivity index (χ3n) is 2.87. The molecule has 0 atom stereocenters. The Labute approximate surface area is 125 Å². The first-order chi connectivity index (χ1) is 10.2. The topological polar surface area (TPSA) is 46.4 Å². The van der Waals surface area contributed by atoms with Crippen molar-refractivity contribution in [1.82, 2.24) is 9.38 Å². The Balaban J connectivity index is 1.62. The van der Waals surface area contributed by atoms with Crippen LogP contribution in [0.15, 0.2) is 60.0 Å². The fourth-order valence-electron chi connectivity index (χ4n) is 1.89. The molecule has 2 heterocycles. The van der Waals surface area contributed by atoms with Gasteiger partial charge in [-0.2, -0.15) is 0 Å². The highest BCUT2D eigenvalue weighted by molar-refractivity contribution is 7.99. The molecule has 0 radical (unpaired) electrons. The van der Waals surface area contributed by atoms with Gasteiger partial charge in [-0.15, -0.1) is 0 Å². The van der Waals surface area contributed by atoms with E-state index in [-0.39, 0.29) is 17.5 Å². The summed E-state index contributed by atoms with van der Waals surface area (Å²) in [5.74, 6) is -0.240. The van der Waals surface area contributed by atoms with Crippen molar-refractivity contribution >= 4 is 28.9 Å². The van der Waals surface area contributed by atoms with Gasteiger partial charge in [0.05, 0.1) is 17.5 Å². The van der Waals surface area contributed by atoms with E-state index in [9.17, 15) is 9.18 Å². The molecule has 0 aliphatic carbocycles. The minimum atomic E-state index is -0.328. The number of amides is 1. The predicted molar refractivity (Wildman–Crippen MR) is 80.9 cm³/mol. The lowest BCUT2D eigenvalue weighted by Gasteiger charge is -2.04. The SMILES string of the molecule is O=C(CSc1ncc2ccccn12)Nc1ccc(F)cc1. The van der Waals surface area contributed by atoms with E-state index in [0.717, 1.165) is 10.7 Å². The lowest BCUT2D eigenvalue weighted by atomic mass is 10.3. The highest BCUT2D eigenvalue weighted by atomic mass is 32.2. The number of benzene rings is 1. The van der Waals surface area contributed by atoms with Gasteiger partial charge in [0.2, 0.25) is 5.91 Å². The summed E-state index contributed by atoms with van der Waals surface area (Å²) in [5.41, 5.74) is 1.56. The van der Waals surface area contributed by atoms with Crippen LogP contribution in [0.1, 0.15) is 0 Å². The second kappa shape index (κ2) is 5.97. The van der Waals surface area contributed by atoms with Gasteiger partial charge in [0, 0.05) is 11.9 Å². The minimum Gasteiger partial charge on any atom is -0.325 e. The quantitative estimate of drug-likeness (QED) is 0.753. The van der Waals surface area contributed by atoms with Gasteiger partial charge in [0.1, 0.15) is 5.82 Å². The van der Waals surface area contributed by atoms with Crippen molar-refractivity contribution in [2.75, 3.05) is 11.1 Å². The summed E-state index contributed by atoms with van der Waals surface area (Å²) in [6.07, 6.45) is 3.67. The van der Waals surface area contributed by atoms with Crippen LogP contribution >= 0.6 is 11.8 Å². The van der Waals surface area contributed by atoms with Crippen molar-refractivity contribution in [2.24, 2.45) is 0 Å². The number of anilines is 1. The first-order valence-corrected chi connectivity index (χ1v) is 7.31. The highest BCUT2D eigenvalue weighted by Crippen LogP contribution is 2.18. The molecule has 0 aliphatic heterocycles. The number of rotatable bonds is 4. The normalized spacial score (nSPS) is 10.7. The molecular formula is C15H12FN3OS. The van der Waals surface area contributed by atoms with Crippen LogP contribution in [0.2, 0.25) is 0 Å². The van der Waals surface area contributed by atoms with Gasteiger partial charge < -0.3 is 5.32 Å². The molecule has 3 aromatic rings. The van der Waals surface area contributed by atoms with E-state index in [1.165, 1.54) is 36.0 Å². The summed E-state index contributed by atoms with van der Waals surface area (Å²) >= 11 is 1.35. The molecule has 1 aromatic carbocycles. The van der Waals surface area contributed by atoms with Gasteiger partial charge in [0.25, 0.3) is 0 Å². The third-order valence-corrected chi connectivity index (χ3v) is 3.83. The van der Waals surface area contributed by atoms with Gasteiger partial charge in [-0.05, 0) is 36.4 Å². The number of carbonyl (C=O) groups is 1. The summed E-state index contributed by atoms with van der Waals surface area (Å²) in [4.78, 5) is 16.1. The van der Waals surface area contributed by atoms with Crippen molar-refractivity contribution < 1.29 is 9.18 Å². The number of carbonyl (C=O) groups excluding carboxylic acids is 1. The third kappa shape index (κ3) is 3.22. The fraction of sp³-hybridized carbons (Fsp3) is 0.0667. The standard InChI is InChI=1S/C15H12FN3OS/c16-11-4-6-12(7-5-11)18-14(20)10-21-15-17-9-13-3-1-2-8-19(13)15/h1-9H,10H2,(H,18,20). The zero-order valence-corrected chi connectivity index (χ0v) is 11.8. The Kier molecular flexibility index (Phi) is 3.87. The Bertz CT molecular complexity index is 770. The Morgan fingerprint density at radius 2 is 2.05 bits per heavy atom. The molecular weight excluding hydrogens is 289 g/mol. The molecule has 0 saturated heterocycles. The molecule has 0 aliphatic rings. The van der Waals surface area contributed by atoms with Gasteiger partial charge in [-0.25, -0.2) is 9.37 Å². The Morgan fingerprint density at radius 1 is 1.24 bits per heavy atom. The molecule has 0 fully saturated rings. The van der Waals surface area contributed by atoms with E-state index < -0.39 is 0 Å². The minimum absolute atomic E-state index is 0.153. The Hall–Kier alpha value is -2.34. The van der Waals surface area contributed by atoms with Crippen LogP contribution in [0, 0.1) is 5.82 Å². The van der Waals surface area contributed by atoms with E-state index >= 15 is 0 Å². The molecule has 0 saturated carbocycles. The van der Waals surface area contributed by atoms with Gasteiger partial charge in [-0.3, -0.25) is 9.20 Å². The number of fused-ring (bicyclic) bond motifs is 1. The van der Waals surface area contributed by atoms with Crippen molar-refractivity contribution in [2.45, 2.75) is 5.16 Å². The number of nitrogens with zero attached hydrogens (tertiary/aromatic N) is 2. The van der Waals surface area contributed by atoms with E-state index in [1.54, 1.807) is 6.20 Å². The molecule has 6 heteroatoms. The second-order valence-electron chi connectivity index (χ2n) is 4.38. The first kappa shape index (κ1) is 13.6. The zero-order chi connectivity index (χ0) is 14.7. The number of hydrogen-bond acceptors (Lipinski definition) is 3. The average Bonchev–Trinajstić information content (AvgIpc) is 2.91. The number of pyridine rings is 1. The summed E-state index contributed by atoms with van der Waals surface area (Å²) < 4.78 is 14.7. The maximum absolute atomic E-state index is 12.8. The zero-order valence-electron chi connectivity index (χ0n) is 11.0. The van der Waals surface area contributed by atoms with Crippen LogP contribution in [0.3, 0.4) is 0 Å². The molecule has 2 aromatic heterocycles. The molecule has 0 unspecified atom stereocenters. The second-order valence-corrected chi connectivity index (χ2v) is 5.32. The molecule has 0 bridgehead atoms. The van der Waals surface area contributed by atoms with Gasteiger partial charge >= 0.3 is 0 Å². The molecule has 21 heavy (non-hydrogen) atoms. The van der Waals surface area contributed by atoms with Gasteiger partial charge in [-0.1, -0.05) is 17.8 Å². The molecule has 4 nitrogen and oxygen atoms in total. The predicted octanol–water partition coefficient (Wildman–Crippen LogP) is 3.20. The van der Waals surface area contributed by atoms with Crippen LogP contribution in [-0.2, 0) is 4.79 Å². The number of imidazole rings is 1. The average molecular weight is 301 g/mol. The van der Waals surface area contributed by atoms with Crippen molar-refractivity contribution in [3.05, 3.63) is 60.7 Å². The van der Waals surface area contributed by atoms with Crippen molar-refractivity contribution in [3.63, 3.8) is 0 Å². The number of thioether (sulfide) groups is 1. The molecule has 1 amide bonds. The number of aromatic nitrogens is 2. The van der Waals surface area contributed by atoms with Crippen LogP contribution in [-0.4, -0.2) is 21.0 Å². The maximum Gasteiger partial charge on any atom is 0.234 e.